The van der Waals surface area contributed by atoms with Gasteiger partial charge in [-0.05, 0) is 25.0 Å². The molecular formula is C16H20N4O4. The summed E-state index contributed by atoms with van der Waals surface area (Å²) < 4.78 is 7.22. The van der Waals surface area contributed by atoms with Crippen LogP contribution in [0.3, 0.4) is 0 Å². The van der Waals surface area contributed by atoms with Crippen molar-refractivity contribution in [1.82, 2.24) is 9.78 Å². The van der Waals surface area contributed by atoms with Crippen LogP contribution in [0.15, 0.2) is 30.5 Å². The van der Waals surface area contributed by atoms with E-state index in [2.05, 4.69) is 10.4 Å². The van der Waals surface area contributed by atoms with E-state index in [4.69, 9.17) is 4.74 Å². The number of carbonyl (C=O) groups is 1. The Morgan fingerprint density at radius 2 is 2.00 bits per heavy atom. The van der Waals surface area contributed by atoms with Crippen molar-refractivity contribution in [2.24, 2.45) is 0 Å². The highest BCUT2D eigenvalue weighted by molar-refractivity contribution is 6.05. The van der Waals surface area contributed by atoms with Crippen LogP contribution in [0, 0.1) is 10.1 Å². The van der Waals surface area contributed by atoms with Gasteiger partial charge < -0.3 is 10.1 Å². The van der Waals surface area contributed by atoms with E-state index in [9.17, 15) is 14.9 Å². The Labute approximate surface area is 139 Å². The number of rotatable bonds is 8. The minimum Gasteiger partial charge on any atom is -0.476 e. The topological polar surface area (TPSA) is 99.3 Å². The predicted molar refractivity (Wildman–Crippen MR) is 89.4 cm³/mol. The van der Waals surface area contributed by atoms with Crippen molar-refractivity contribution in [1.29, 1.82) is 0 Å². The Morgan fingerprint density at radius 1 is 1.29 bits per heavy atom. The maximum absolute atomic E-state index is 12.5. The molecule has 8 nitrogen and oxygen atoms in total. The first-order valence-electron chi connectivity index (χ1n) is 7.81. The molecule has 0 saturated carbocycles. The van der Waals surface area contributed by atoms with Crippen molar-refractivity contribution < 1.29 is 14.5 Å². The molecule has 1 N–H and O–H groups in total. The number of aromatic nitrogens is 2. The second-order valence-corrected chi connectivity index (χ2v) is 5.22. The van der Waals surface area contributed by atoms with Gasteiger partial charge in [-0.1, -0.05) is 13.8 Å². The van der Waals surface area contributed by atoms with Crippen molar-refractivity contribution in [3.8, 4) is 5.88 Å². The minimum atomic E-state index is -0.489. The molecule has 2 aromatic rings. The molecule has 0 bridgehead atoms. The summed E-state index contributed by atoms with van der Waals surface area (Å²) in [7, 11) is 0. The zero-order chi connectivity index (χ0) is 17.5. The van der Waals surface area contributed by atoms with Crippen LogP contribution >= 0.6 is 0 Å². The van der Waals surface area contributed by atoms with Crippen LogP contribution in [-0.4, -0.2) is 27.2 Å². The monoisotopic (exact) mass is 332 g/mol. The normalized spacial score (nSPS) is 10.4. The number of carbonyl (C=O) groups excluding carboxylic acids is 1. The number of nitrogens with one attached hydrogen (secondary N) is 1. The van der Waals surface area contributed by atoms with Crippen LogP contribution < -0.4 is 10.1 Å². The average Bonchev–Trinajstić information content (AvgIpc) is 2.96. The summed E-state index contributed by atoms with van der Waals surface area (Å²) in [4.78, 5) is 22.6. The Bertz CT molecular complexity index is 709. The molecule has 1 aromatic heterocycles. The van der Waals surface area contributed by atoms with Gasteiger partial charge in [0.15, 0.2) is 0 Å². The van der Waals surface area contributed by atoms with Crippen LogP contribution in [0.2, 0.25) is 0 Å². The van der Waals surface area contributed by atoms with Crippen molar-refractivity contribution in [2.75, 3.05) is 11.9 Å². The summed E-state index contributed by atoms with van der Waals surface area (Å²) in [6.07, 6.45) is 3.34. The summed E-state index contributed by atoms with van der Waals surface area (Å²) in [5.74, 6) is -0.0676. The van der Waals surface area contributed by atoms with Crippen molar-refractivity contribution in [3.63, 3.8) is 0 Å². The van der Waals surface area contributed by atoms with Gasteiger partial charge in [0.1, 0.15) is 5.56 Å². The lowest BCUT2D eigenvalue weighted by Gasteiger charge is -2.06. The van der Waals surface area contributed by atoms with E-state index in [0.29, 0.717) is 30.3 Å². The highest BCUT2D eigenvalue weighted by Crippen LogP contribution is 2.20. The SMILES string of the molecule is CCCOc1nn(CCC)cc1C(=O)Nc1ccc([N+](=O)[O-])cc1. The summed E-state index contributed by atoms with van der Waals surface area (Å²) >= 11 is 0. The third-order valence-corrected chi connectivity index (χ3v) is 3.20. The molecule has 1 heterocycles. The molecule has 8 heteroatoms. The first kappa shape index (κ1) is 17.5. The first-order valence-corrected chi connectivity index (χ1v) is 7.81. The van der Waals surface area contributed by atoms with Gasteiger partial charge in [0.05, 0.1) is 11.5 Å². The maximum Gasteiger partial charge on any atom is 0.269 e. The Hall–Kier alpha value is -2.90. The summed E-state index contributed by atoms with van der Waals surface area (Å²) in [6, 6.07) is 5.65. The number of ether oxygens (including phenoxy) is 1. The highest BCUT2D eigenvalue weighted by atomic mass is 16.6. The summed E-state index contributed by atoms with van der Waals surface area (Å²) in [5.41, 5.74) is 0.779. The number of hydrogen-bond acceptors (Lipinski definition) is 5. The largest absolute Gasteiger partial charge is 0.476 e. The molecular weight excluding hydrogens is 312 g/mol. The lowest BCUT2D eigenvalue weighted by atomic mass is 10.2. The fourth-order valence-corrected chi connectivity index (χ4v) is 2.07. The Morgan fingerprint density at radius 3 is 2.58 bits per heavy atom. The van der Waals surface area contributed by atoms with E-state index in [1.807, 2.05) is 13.8 Å². The molecule has 1 aromatic carbocycles. The maximum atomic E-state index is 12.5. The fourth-order valence-electron chi connectivity index (χ4n) is 2.07. The number of nitro benzene ring substituents is 1. The minimum absolute atomic E-state index is 0.0317. The lowest BCUT2D eigenvalue weighted by molar-refractivity contribution is -0.384. The van der Waals surface area contributed by atoms with Gasteiger partial charge in [-0.15, -0.1) is 5.10 Å². The highest BCUT2D eigenvalue weighted by Gasteiger charge is 2.18. The number of amides is 1. The molecule has 0 fully saturated rings. The van der Waals surface area contributed by atoms with E-state index in [-0.39, 0.29) is 11.6 Å². The number of hydrogen-bond donors (Lipinski definition) is 1. The average molecular weight is 332 g/mol. The second-order valence-electron chi connectivity index (χ2n) is 5.22. The van der Waals surface area contributed by atoms with Gasteiger partial charge in [-0.25, -0.2) is 0 Å². The van der Waals surface area contributed by atoms with Crippen LogP contribution in [-0.2, 0) is 6.54 Å². The molecule has 0 radical (unpaired) electrons. The van der Waals surface area contributed by atoms with E-state index >= 15 is 0 Å². The number of nitro groups is 1. The molecule has 24 heavy (non-hydrogen) atoms. The second kappa shape index (κ2) is 8.09. The number of aryl methyl sites for hydroxylation is 1. The molecule has 0 aliphatic rings. The quantitative estimate of drug-likeness (QED) is 0.591. The van der Waals surface area contributed by atoms with E-state index in [1.165, 1.54) is 24.3 Å². The number of nitrogens with zero attached hydrogens (tertiary/aromatic N) is 3. The molecule has 1 amide bonds. The molecule has 0 spiro atoms. The standard InChI is InChI=1S/C16H20N4O4/c1-3-9-19-11-14(16(18-19)24-10-4-2)15(21)17-12-5-7-13(8-6-12)20(22)23/h5-8,11H,3-4,9-10H2,1-2H3,(H,17,21). The van der Waals surface area contributed by atoms with E-state index in [0.717, 1.165) is 12.8 Å². The molecule has 0 saturated heterocycles. The third kappa shape index (κ3) is 4.31. The Kier molecular flexibility index (Phi) is 5.89. The smallest absolute Gasteiger partial charge is 0.269 e. The van der Waals surface area contributed by atoms with Gasteiger partial charge >= 0.3 is 0 Å². The van der Waals surface area contributed by atoms with Gasteiger partial charge in [0, 0.05) is 30.6 Å². The predicted octanol–water partition coefficient (Wildman–Crippen LogP) is 3.24. The van der Waals surface area contributed by atoms with Gasteiger partial charge in [0.25, 0.3) is 11.6 Å². The number of anilines is 1. The Balaban J connectivity index is 2.16. The molecule has 0 aliphatic heterocycles. The van der Waals surface area contributed by atoms with Gasteiger partial charge in [0.2, 0.25) is 5.88 Å². The van der Waals surface area contributed by atoms with Crippen LogP contribution in [0.4, 0.5) is 11.4 Å². The molecule has 0 unspecified atom stereocenters. The van der Waals surface area contributed by atoms with Crippen molar-refractivity contribution in [3.05, 3.63) is 46.1 Å². The summed E-state index contributed by atoms with van der Waals surface area (Å²) in [6.45, 7) is 5.15. The van der Waals surface area contributed by atoms with Crippen molar-refractivity contribution in [2.45, 2.75) is 33.2 Å². The lowest BCUT2D eigenvalue weighted by Crippen LogP contribution is -2.13. The van der Waals surface area contributed by atoms with Gasteiger partial charge in [-0.2, -0.15) is 0 Å². The van der Waals surface area contributed by atoms with Crippen LogP contribution in [0.1, 0.15) is 37.0 Å². The molecule has 2 rings (SSSR count). The molecule has 128 valence electrons. The zero-order valence-corrected chi connectivity index (χ0v) is 13.7. The van der Waals surface area contributed by atoms with Crippen LogP contribution in [0.25, 0.3) is 0 Å². The van der Waals surface area contributed by atoms with Crippen molar-refractivity contribution >= 4 is 17.3 Å². The third-order valence-electron chi connectivity index (χ3n) is 3.20. The number of non-ortho nitro benzene ring substituents is 1. The fraction of sp³-hybridized carbons (Fsp3) is 0.375. The summed E-state index contributed by atoms with van der Waals surface area (Å²) in [5, 5.41) is 17.6. The molecule has 0 aliphatic carbocycles. The first-order chi connectivity index (χ1) is 11.5. The number of benzene rings is 1. The molecule has 0 atom stereocenters. The van der Waals surface area contributed by atoms with Gasteiger partial charge in [-0.3, -0.25) is 19.6 Å². The van der Waals surface area contributed by atoms with Crippen LogP contribution in [0.5, 0.6) is 5.88 Å². The zero-order valence-electron chi connectivity index (χ0n) is 13.7. The van der Waals surface area contributed by atoms with E-state index in [1.54, 1.807) is 10.9 Å². The van der Waals surface area contributed by atoms with E-state index < -0.39 is 4.92 Å².